The van der Waals surface area contributed by atoms with Crippen LogP contribution in [0.25, 0.3) is 11.1 Å². The van der Waals surface area contributed by atoms with Gasteiger partial charge >= 0.3 is 0 Å². The van der Waals surface area contributed by atoms with Crippen molar-refractivity contribution in [2.24, 2.45) is 0 Å². The topological polar surface area (TPSA) is 55.3 Å². The highest BCUT2D eigenvalue weighted by Gasteiger charge is 2.23. The van der Waals surface area contributed by atoms with Crippen molar-refractivity contribution in [3.63, 3.8) is 0 Å². The zero-order valence-corrected chi connectivity index (χ0v) is 10.5. The van der Waals surface area contributed by atoms with Gasteiger partial charge in [0.1, 0.15) is 5.52 Å². The number of aromatic nitrogens is 1. The molecule has 0 amide bonds. The quantitative estimate of drug-likeness (QED) is 0.786. The molecule has 90 valence electrons. The lowest BCUT2D eigenvalue weighted by molar-refractivity contribution is 0.544. The Hall–Kier alpha value is -1.36. The molecule has 2 aromatic rings. The Morgan fingerprint density at radius 1 is 1.53 bits per heavy atom. The second-order valence-corrected chi connectivity index (χ2v) is 5.46. The summed E-state index contributed by atoms with van der Waals surface area (Å²) in [7, 11) is 0. The maximum absolute atomic E-state index is 5.89. The predicted molar refractivity (Wildman–Crippen MR) is 72.6 cm³/mol. The Morgan fingerprint density at radius 3 is 3.18 bits per heavy atom. The van der Waals surface area contributed by atoms with Crippen LogP contribution < -0.4 is 10.6 Å². The Kier molecular flexibility index (Phi) is 2.63. The molecule has 0 bridgehead atoms. The fourth-order valence-corrected chi connectivity index (χ4v) is 3.11. The smallest absolute Gasteiger partial charge is 0.298 e. The number of fused-ring (bicyclic) bond motifs is 1. The number of nitrogens with zero attached hydrogens (tertiary/aromatic N) is 2. The fraction of sp³-hybridized carbons (Fsp3) is 0.417. The summed E-state index contributed by atoms with van der Waals surface area (Å²) in [6.07, 6.45) is 0. The van der Waals surface area contributed by atoms with E-state index in [-0.39, 0.29) is 0 Å². The van der Waals surface area contributed by atoms with Crippen LogP contribution in [-0.4, -0.2) is 29.1 Å². The molecule has 1 aromatic carbocycles. The molecular formula is C12H15N3OS. The molecule has 1 aromatic heterocycles. The largest absolute Gasteiger partial charge is 0.423 e. The van der Waals surface area contributed by atoms with E-state index in [1.54, 1.807) is 0 Å². The number of hydrogen-bond donors (Lipinski definition) is 1. The average Bonchev–Trinajstić information content (AvgIpc) is 2.75. The number of rotatable bonds is 1. The summed E-state index contributed by atoms with van der Waals surface area (Å²) in [6.45, 7) is 3.18. The number of oxazole rings is 1. The standard InChI is InChI=1S/C12H15N3OS/c1-8-7-17-6-5-15(8)12-14-11-9(13)3-2-4-10(11)16-12/h2-4,8H,5-7,13H2,1H3. The lowest BCUT2D eigenvalue weighted by atomic mass is 10.3. The van der Waals surface area contributed by atoms with Gasteiger partial charge in [-0.25, -0.2) is 0 Å². The summed E-state index contributed by atoms with van der Waals surface area (Å²) in [5.74, 6) is 2.24. The summed E-state index contributed by atoms with van der Waals surface area (Å²) in [4.78, 5) is 6.73. The molecule has 0 spiro atoms. The van der Waals surface area contributed by atoms with E-state index < -0.39 is 0 Å². The molecule has 1 atom stereocenters. The first-order valence-electron chi connectivity index (χ1n) is 5.75. The predicted octanol–water partition coefficient (Wildman–Crippen LogP) is 2.35. The zero-order chi connectivity index (χ0) is 11.8. The summed E-state index contributed by atoms with van der Waals surface area (Å²) in [6, 6.07) is 6.81. The van der Waals surface area contributed by atoms with Crippen LogP contribution in [-0.2, 0) is 0 Å². The van der Waals surface area contributed by atoms with E-state index in [9.17, 15) is 0 Å². The maximum atomic E-state index is 5.89. The van der Waals surface area contributed by atoms with E-state index in [2.05, 4.69) is 16.8 Å². The van der Waals surface area contributed by atoms with Gasteiger partial charge in [-0.15, -0.1) is 0 Å². The Bertz CT molecular complexity index is 540. The summed E-state index contributed by atoms with van der Waals surface area (Å²) < 4.78 is 5.78. The Morgan fingerprint density at radius 2 is 2.41 bits per heavy atom. The monoisotopic (exact) mass is 249 g/mol. The second kappa shape index (κ2) is 4.14. The van der Waals surface area contributed by atoms with Gasteiger partial charge in [0, 0.05) is 24.1 Å². The molecule has 0 saturated carbocycles. The molecular weight excluding hydrogens is 234 g/mol. The second-order valence-electron chi connectivity index (χ2n) is 4.31. The van der Waals surface area contributed by atoms with Crippen LogP contribution in [0.15, 0.2) is 22.6 Å². The van der Waals surface area contributed by atoms with Gasteiger partial charge in [-0.3, -0.25) is 0 Å². The van der Waals surface area contributed by atoms with Crippen molar-refractivity contribution >= 4 is 34.6 Å². The summed E-state index contributed by atoms with van der Waals surface area (Å²) in [5.41, 5.74) is 8.11. The molecule has 1 saturated heterocycles. The maximum Gasteiger partial charge on any atom is 0.298 e. The number of thioether (sulfide) groups is 1. The van der Waals surface area contributed by atoms with Crippen molar-refractivity contribution in [2.45, 2.75) is 13.0 Å². The van der Waals surface area contributed by atoms with E-state index in [1.807, 2.05) is 30.0 Å². The molecule has 2 heterocycles. The minimum Gasteiger partial charge on any atom is -0.423 e. The van der Waals surface area contributed by atoms with Crippen molar-refractivity contribution in [2.75, 3.05) is 28.7 Å². The van der Waals surface area contributed by atoms with Crippen molar-refractivity contribution < 1.29 is 4.42 Å². The van der Waals surface area contributed by atoms with Gasteiger partial charge in [0.05, 0.1) is 5.69 Å². The lowest BCUT2D eigenvalue weighted by Gasteiger charge is -2.31. The molecule has 1 fully saturated rings. The first kappa shape index (κ1) is 10.8. The SMILES string of the molecule is CC1CSCCN1c1nc2c(N)cccc2o1. The van der Waals surface area contributed by atoms with Crippen molar-refractivity contribution in [3.8, 4) is 0 Å². The molecule has 2 N–H and O–H groups in total. The van der Waals surface area contributed by atoms with Crippen LogP contribution in [0.4, 0.5) is 11.7 Å². The van der Waals surface area contributed by atoms with Crippen LogP contribution in [0.2, 0.25) is 0 Å². The molecule has 5 heteroatoms. The lowest BCUT2D eigenvalue weighted by Crippen LogP contribution is -2.40. The third-order valence-electron chi connectivity index (χ3n) is 3.05. The van der Waals surface area contributed by atoms with Gasteiger partial charge in [0.2, 0.25) is 0 Å². The molecule has 4 nitrogen and oxygen atoms in total. The molecule has 1 unspecified atom stereocenters. The van der Waals surface area contributed by atoms with Crippen molar-refractivity contribution in [1.29, 1.82) is 0 Å². The van der Waals surface area contributed by atoms with Gasteiger partial charge in [-0.05, 0) is 19.1 Å². The minimum absolute atomic E-state index is 0.461. The Labute approximate surface area is 104 Å². The first-order chi connectivity index (χ1) is 8.25. The number of hydrogen-bond acceptors (Lipinski definition) is 5. The van der Waals surface area contributed by atoms with E-state index in [1.165, 1.54) is 0 Å². The number of nitrogens with two attached hydrogens (primary N) is 1. The van der Waals surface area contributed by atoms with Gasteiger partial charge in [-0.2, -0.15) is 16.7 Å². The number of nitrogen functional groups attached to an aromatic ring is 1. The summed E-state index contributed by atoms with van der Waals surface area (Å²) in [5, 5.41) is 0. The molecule has 17 heavy (non-hydrogen) atoms. The van der Waals surface area contributed by atoms with Crippen LogP contribution in [0, 0.1) is 0 Å². The van der Waals surface area contributed by atoms with Gasteiger partial charge in [0.25, 0.3) is 6.01 Å². The van der Waals surface area contributed by atoms with E-state index in [0.717, 1.165) is 29.2 Å². The third-order valence-corrected chi connectivity index (χ3v) is 4.24. The first-order valence-corrected chi connectivity index (χ1v) is 6.90. The van der Waals surface area contributed by atoms with Gasteiger partial charge in [-0.1, -0.05) is 6.07 Å². The van der Waals surface area contributed by atoms with E-state index in [4.69, 9.17) is 10.2 Å². The normalized spacial score (nSPS) is 21.0. The van der Waals surface area contributed by atoms with Gasteiger partial charge in [0.15, 0.2) is 5.58 Å². The Balaban J connectivity index is 2.02. The average molecular weight is 249 g/mol. The number of anilines is 2. The van der Waals surface area contributed by atoms with E-state index in [0.29, 0.717) is 17.7 Å². The third kappa shape index (κ3) is 1.84. The highest BCUT2D eigenvalue weighted by molar-refractivity contribution is 7.99. The number of benzene rings is 1. The van der Waals surface area contributed by atoms with Crippen molar-refractivity contribution in [3.05, 3.63) is 18.2 Å². The molecule has 1 aliphatic rings. The van der Waals surface area contributed by atoms with Crippen LogP contribution >= 0.6 is 11.8 Å². The fourth-order valence-electron chi connectivity index (χ4n) is 2.09. The number of para-hydroxylation sites is 1. The highest BCUT2D eigenvalue weighted by atomic mass is 32.2. The molecule has 1 aliphatic heterocycles. The van der Waals surface area contributed by atoms with E-state index >= 15 is 0 Å². The van der Waals surface area contributed by atoms with Crippen LogP contribution in [0.5, 0.6) is 0 Å². The molecule has 3 rings (SSSR count). The summed E-state index contributed by atoms with van der Waals surface area (Å²) >= 11 is 1.98. The molecule has 0 radical (unpaired) electrons. The zero-order valence-electron chi connectivity index (χ0n) is 9.72. The highest BCUT2D eigenvalue weighted by Crippen LogP contribution is 2.29. The van der Waals surface area contributed by atoms with Gasteiger partial charge < -0.3 is 15.1 Å². The van der Waals surface area contributed by atoms with Crippen molar-refractivity contribution in [1.82, 2.24) is 4.98 Å². The minimum atomic E-state index is 0.461. The van der Waals surface area contributed by atoms with Crippen LogP contribution in [0.3, 0.4) is 0 Å². The van der Waals surface area contributed by atoms with Crippen LogP contribution in [0.1, 0.15) is 6.92 Å². The molecule has 0 aliphatic carbocycles.